The van der Waals surface area contributed by atoms with E-state index in [1.54, 1.807) is 36.4 Å². The van der Waals surface area contributed by atoms with Crippen molar-refractivity contribution in [2.45, 2.75) is 51.3 Å². The first-order valence-electron chi connectivity index (χ1n) is 10.7. The molecule has 1 heterocycles. The van der Waals surface area contributed by atoms with E-state index < -0.39 is 35.3 Å². The van der Waals surface area contributed by atoms with Crippen LogP contribution in [0.15, 0.2) is 54.6 Å². The molecule has 1 aliphatic heterocycles. The predicted octanol–water partition coefficient (Wildman–Crippen LogP) is 2.90. The molecule has 170 valence electrons. The standard InChI is InChI=1S/C25H30N2O5/c1-16(2)15-25(24(30)31-4,22(28)21-14-18-10-8-9-13-20(18)32-21)27(23(29)17(3)26)19-11-6-5-7-12-19/h5-13,16-17,21H,14-15,26H2,1-4H3/t17-,21?,25+/m0/s1. The van der Waals surface area contributed by atoms with Gasteiger partial charge in [0.2, 0.25) is 17.2 Å². The Balaban J connectivity index is 2.20. The van der Waals surface area contributed by atoms with Crippen LogP contribution < -0.4 is 15.4 Å². The monoisotopic (exact) mass is 438 g/mol. The highest BCUT2D eigenvalue weighted by Gasteiger charge is 2.58. The third-order valence-corrected chi connectivity index (χ3v) is 5.58. The molecule has 0 aromatic heterocycles. The zero-order chi connectivity index (χ0) is 23.5. The number of hydrogen-bond donors (Lipinski definition) is 1. The molecule has 0 radical (unpaired) electrons. The number of Topliss-reactive ketones (excluding diaryl/α,β-unsaturated/α-hetero) is 1. The average Bonchev–Trinajstić information content (AvgIpc) is 3.22. The molecule has 3 rings (SSSR count). The average molecular weight is 439 g/mol. The smallest absolute Gasteiger partial charge is 0.340 e. The molecule has 3 atom stereocenters. The first-order chi connectivity index (χ1) is 15.2. The number of ketones is 1. The molecule has 32 heavy (non-hydrogen) atoms. The van der Waals surface area contributed by atoms with Crippen molar-refractivity contribution in [2.24, 2.45) is 11.7 Å². The quantitative estimate of drug-likeness (QED) is 0.503. The summed E-state index contributed by atoms with van der Waals surface area (Å²) in [6.07, 6.45) is -0.569. The molecule has 0 fully saturated rings. The van der Waals surface area contributed by atoms with Crippen molar-refractivity contribution in [3.8, 4) is 5.75 Å². The van der Waals surface area contributed by atoms with Gasteiger partial charge in [0, 0.05) is 12.1 Å². The number of anilines is 1. The molecule has 0 saturated heterocycles. The lowest BCUT2D eigenvalue weighted by Gasteiger charge is -2.42. The Kier molecular flexibility index (Phi) is 6.99. The lowest BCUT2D eigenvalue weighted by molar-refractivity contribution is -0.156. The third-order valence-electron chi connectivity index (χ3n) is 5.58. The number of carbonyl (C=O) groups excluding carboxylic acids is 3. The number of fused-ring (bicyclic) bond motifs is 1. The largest absolute Gasteiger partial charge is 0.482 e. The number of methoxy groups -OCH3 is 1. The lowest BCUT2D eigenvalue weighted by Crippen LogP contribution is -2.68. The Labute approximate surface area is 188 Å². The van der Waals surface area contributed by atoms with Gasteiger partial charge >= 0.3 is 5.97 Å². The summed E-state index contributed by atoms with van der Waals surface area (Å²) >= 11 is 0. The maximum absolute atomic E-state index is 14.2. The summed E-state index contributed by atoms with van der Waals surface area (Å²) in [4.78, 5) is 42.3. The molecular weight excluding hydrogens is 408 g/mol. The van der Waals surface area contributed by atoms with Crippen LogP contribution >= 0.6 is 0 Å². The molecule has 1 aliphatic rings. The number of esters is 1. The summed E-state index contributed by atoms with van der Waals surface area (Å²) in [5.41, 5.74) is 5.32. The van der Waals surface area contributed by atoms with Gasteiger partial charge in [0.05, 0.1) is 13.2 Å². The third kappa shape index (κ3) is 4.25. The Bertz CT molecular complexity index is 964. The van der Waals surface area contributed by atoms with Crippen LogP contribution in [-0.2, 0) is 25.5 Å². The topological polar surface area (TPSA) is 98.9 Å². The fraction of sp³-hybridized carbons (Fsp3) is 0.400. The first-order valence-corrected chi connectivity index (χ1v) is 10.7. The minimum Gasteiger partial charge on any atom is -0.482 e. The summed E-state index contributed by atoms with van der Waals surface area (Å²) in [6.45, 7) is 5.30. The Morgan fingerprint density at radius 3 is 2.28 bits per heavy atom. The molecule has 0 saturated carbocycles. The van der Waals surface area contributed by atoms with Gasteiger partial charge < -0.3 is 15.2 Å². The van der Waals surface area contributed by atoms with E-state index in [9.17, 15) is 14.4 Å². The second-order valence-corrected chi connectivity index (χ2v) is 8.53. The highest BCUT2D eigenvalue weighted by molar-refractivity contribution is 6.19. The van der Waals surface area contributed by atoms with Crippen LogP contribution in [0.25, 0.3) is 0 Å². The molecule has 1 unspecified atom stereocenters. The van der Waals surface area contributed by atoms with E-state index in [0.717, 1.165) is 5.56 Å². The van der Waals surface area contributed by atoms with E-state index in [4.69, 9.17) is 15.2 Å². The summed E-state index contributed by atoms with van der Waals surface area (Å²) in [6, 6.07) is 15.0. The highest BCUT2D eigenvalue weighted by Crippen LogP contribution is 2.37. The van der Waals surface area contributed by atoms with Gasteiger partial charge in [-0.15, -0.1) is 0 Å². The predicted molar refractivity (Wildman–Crippen MR) is 121 cm³/mol. The lowest BCUT2D eigenvalue weighted by atomic mass is 9.79. The van der Waals surface area contributed by atoms with Gasteiger partial charge in [0.1, 0.15) is 5.75 Å². The van der Waals surface area contributed by atoms with E-state index in [2.05, 4.69) is 0 Å². The van der Waals surface area contributed by atoms with Crippen LogP contribution in [0.4, 0.5) is 5.69 Å². The number of nitrogens with zero attached hydrogens (tertiary/aromatic N) is 1. The van der Waals surface area contributed by atoms with Crippen LogP contribution in [0.5, 0.6) is 5.75 Å². The molecule has 2 N–H and O–H groups in total. The number of amides is 1. The minimum absolute atomic E-state index is 0.0576. The summed E-state index contributed by atoms with van der Waals surface area (Å²) in [5, 5.41) is 0. The van der Waals surface area contributed by atoms with Crippen molar-refractivity contribution in [3.05, 3.63) is 60.2 Å². The van der Waals surface area contributed by atoms with Gasteiger partial charge in [0.15, 0.2) is 6.10 Å². The summed E-state index contributed by atoms with van der Waals surface area (Å²) < 4.78 is 11.1. The van der Waals surface area contributed by atoms with Gasteiger partial charge in [0.25, 0.3) is 0 Å². The minimum atomic E-state index is -1.93. The maximum atomic E-state index is 14.2. The number of carbonyl (C=O) groups is 3. The Hall–Kier alpha value is -3.19. The normalized spacial score (nSPS) is 17.6. The van der Waals surface area contributed by atoms with E-state index in [1.807, 2.05) is 32.0 Å². The van der Waals surface area contributed by atoms with Gasteiger partial charge in [-0.25, -0.2) is 4.79 Å². The Morgan fingerprint density at radius 1 is 1.09 bits per heavy atom. The Morgan fingerprint density at radius 2 is 1.72 bits per heavy atom. The molecule has 0 bridgehead atoms. The highest BCUT2D eigenvalue weighted by atomic mass is 16.5. The van der Waals surface area contributed by atoms with Crippen LogP contribution in [0, 0.1) is 5.92 Å². The van der Waals surface area contributed by atoms with Gasteiger partial charge in [-0.05, 0) is 43.0 Å². The second kappa shape index (κ2) is 9.53. The van der Waals surface area contributed by atoms with Crippen LogP contribution in [0.2, 0.25) is 0 Å². The molecule has 7 heteroatoms. The van der Waals surface area contributed by atoms with Gasteiger partial charge in [-0.2, -0.15) is 0 Å². The van der Waals surface area contributed by atoms with Gasteiger partial charge in [-0.3, -0.25) is 14.5 Å². The zero-order valence-corrected chi connectivity index (χ0v) is 18.9. The fourth-order valence-electron chi connectivity index (χ4n) is 4.25. The molecule has 0 spiro atoms. The van der Waals surface area contributed by atoms with Crippen molar-refractivity contribution in [2.75, 3.05) is 12.0 Å². The van der Waals surface area contributed by atoms with E-state index in [1.165, 1.54) is 18.9 Å². The number of rotatable bonds is 8. The molecular formula is C25H30N2O5. The van der Waals surface area contributed by atoms with Crippen LogP contribution in [-0.4, -0.2) is 42.5 Å². The van der Waals surface area contributed by atoms with Crippen molar-refractivity contribution >= 4 is 23.3 Å². The number of ether oxygens (including phenoxy) is 2. The summed E-state index contributed by atoms with van der Waals surface area (Å²) in [7, 11) is 1.22. The molecule has 0 aliphatic carbocycles. The van der Waals surface area contributed by atoms with Crippen LogP contribution in [0.1, 0.15) is 32.8 Å². The van der Waals surface area contributed by atoms with Crippen molar-refractivity contribution in [3.63, 3.8) is 0 Å². The number of para-hydroxylation sites is 2. The van der Waals surface area contributed by atoms with Gasteiger partial charge in [-0.1, -0.05) is 50.2 Å². The van der Waals surface area contributed by atoms with E-state index >= 15 is 0 Å². The SMILES string of the molecule is COC(=O)[C@@](CC(C)C)(C(=O)C1Cc2ccccc2O1)N(C(=O)[C@H](C)N)c1ccccc1. The second-order valence-electron chi connectivity index (χ2n) is 8.53. The zero-order valence-electron chi connectivity index (χ0n) is 18.9. The molecule has 2 aromatic rings. The van der Waals surface area contributed by atoms with Crippen LogP contribution in [0.3, 0.4) is 0 Å². The van der Waals surface area contributed by atoms with E-state index in [0.29, 0.717) is 17.9 Å². The maximum Gasteiger partial charge on any atom is 0.340 e. The first kappa shape index (κ1) is 23.5. The van der Waals surface area contributed by atoms with E-state index in [-0.39, 0.29) is 12.3 Å². The molecule has 7 nitrogen and oxygen atoms in total. The number of nitrogens with two attached hydrogens (primary N) is 1. The van der Waals surface area contributed by atoms with Crippen molar-refractivity contribution in [1.29, 1.82) is 0 Å². The van der Waals surface area contributed by atoms with Crippen molar-refractivity contribution < 1.29 is 23.9 Å². The molecule has 2 aromatic carbocycles. The number of hydrogen-bond acceptors (Lipinski definition) is 6. The molecule has 1 amide bonds. The fourth-order valence-corrected chi connectivity index (χ4v) is 4.25. The number of benzene rings is 2. The van der Waals surface area contributed by atoms with Crippen molar-refractivity contribution in [1.82, 2.24) is 0 Å². The summed E-state index contributed by atoms with van der Waals surface area (Å²) in [5.74, 6) is -1.40.